The van der Waals surface area contributed by atoms with Crippen LogP contribution in [0.3, 0.4) is 0 Å². The van der Waals surface area contributed by atoms with E-state index in [-0.39, 0.29) is 48.7 Å². The molecular formula is C22H27N5O10. The van der Waals surface area contributed by atoms with Crippen LogP contribution in [0.1, 0.15) is 45.4 Å². The van der Waals surface area contributed by atoms with Crippen LogP contribution in [0.5, 0.6) is 0 Å². The van der Waals surface area contributed by atoms with Crippen molar-refractivity contribution >= 4 is 40.9 Å². The summed E-state index contributed by atoms with van der Waals surface area (Å²) in [6.07, 6.45) is -3.78. The summed E-state index contributed by atoms with van der Waals surface area (Å²) >= 11 is 0. The Morgan fingerprint density at radius 1 is 0.973 bits per heavy atom. The van der Waals surface area contributed by atoms with E-state index in [0.29, 0.717) is 0 Å². The van der Waals surface area contributed by atoms with Crippen molar-refractivity contribution in [2.45, 2.75) is 65.1 Å². The molecule has 1 amide bonds. The molecule has 3 rings (SSSR count). The van der Waals surface area contributed by atoms with Crippen molar-refractivity contribution in [1.29, 1.82) is 0 Å². The van der Waals surface area contributed by atoms with Crippen molar-refractivity contribution in [2.24, 2.45) is 5.73 Å². The van der Waals surface area contributed by atoms with Gasteiger partial charge in [-0.05, 0) is 6.92 Å². The molecule has 4 atom stereocenters. The molecule has 1 saturated heterocycles. The third-order valence-corrected chi connectivity index (χ3v) is 5.10. The van der Waals surface area contributed by atoms with Gasteiger partial charge in [-0.25, -0.2) is 15.0 Å². The van der Waals surface area contributed by atoms with E-state index in [0.717, 1.165) is 6.92 Å². The van der Waals surface area contributed by atoms with Gasteiger partial charge in [-0.2, -0.15) is 0 Å². The Morgan fingerprint density at radius 2 is 1.65 bits per heavy atom. The maximum absolute atomic E-state index is 12.2. The number of hydrogen-bond donors (Lipinski definition) is 1. The minimum Gasteiger partial charge on any atom is -0.466 e. The van der Waals surface area contributed by atoms with Gasteiger partial charge < -0.3 is 29.4 Å². The van der Waals surface area contributed by atoms with Gasteiger partial charge in [0.2, 0.25) is 5.91 Å². The van der Waals surface area contributed by atoms with Crippen molar-refractivity contribution in [2.75, 3.05) is 13.2 Å². The highest BCUT2D eigenvalue weighted by atomic mass is 16.7. The van der Waals surface area contributed by atoms with E-state index in [1.54, 1.807) is 6.92 Å². The lowest BCUT2D eigenvalue weighted by atomic mass is 10.1. The Hall–Kier alpha value is -4.14. The van der Waals surface area contributed by atoms with Crippen LogP contribution in [0.25, 0.3) is 11.2 Å². The number of carbonyl (C=O) groups is 5. The Kier molecular flexibility index (Phi) is 8.70. The van der Waals surface area contributed by atoms with Gasteiger partial charge in [0.05, 0.1) is 31.5 Å². The van der Waals surface area contributed by atoms with Crippen LogP contribution in [0.4, 0.5) is 0 Å². The second kappa shape index (κ2) is 11.7. The van der Waals surface area contributed by atoms with Crippen LogP contribution < -0.4 is 5.73 Å². The summed E-state index contributed by atoms with van der Waals surface area (Å²) < 4.78 is 28.3. The number of ether oxygens (including phenoxy) is 5. The molecule has 0 spiro atoms. The van der Waals surface area contributed by atoms with Gasteiger partial charge in [0.25, 0.3) is 0 Å². The fourth-order valence-corrected chi connectivity index (χ4v) is 3.83. The summed E-state index contributed by atoms with van der Waals surface area (Å²) in [7, 11) is 0. The van der Waals surface area contributed by atoms with Gasteiger partial charge in [0, 0.05) is 20.8 Å². The molecule has 2 aromatic heterocycles. The van der Waals surface area contributed by atoms with E-state index < -0.39 is 54.3 Å². The largest absolute Gasteiger partial charge is 0.466 e. The molecule has 2 aromatic rings. The van der Waals surface area contributed by atoms with Gasteiger partial charge >= 0.3 is 23.9 Å². The number of hydrogen-bond acceptors (Lipinski definition) is 13. The van der Waals surface area contributed by atoms with Crippen molar-refractivity contribution in [3.8, 4) is 0 Å². The molecule has 0 saturated carbocycles. The minimum atomic E-state index is -1.19. The smallest absolute Gasteiger partial charge is 0.311 e. The minimum absolute atomic E-state index is 0.0103. The van der Waals surface area contributed by atoms with Crippen LogP contribution in [-0.4, -0.2) is 80.8 Å². The van der Waals surface area contributed by atoms with E-state index in [1.165, 1.54) is 24.7 Å². The molecule has 1 fully saturated rings. The summed E-state index contributed by atoms with van der Waals surface area (Å²) in [5.74, 6) is -3.25. The first-order chi connectivity index (χ1) is 17.5. The van der Waals surface area contributed by atoms with E-state index in [1.807, 2.05) is 0 Å². The fourth-order valence-electron chi connectivity index (χ4n) is 3.83. The van der Waals surface area contributed by atoms with Crippen LogP contribution in [0, 0.1) is 0 Å². The van der Waals surface area contributed by atoms with Crippen LogP contribution in [0.2, 0.25) is 0 Å². The number of primary amides is 1. The first kappa shape index (κ1) is 27.4. The van der Waals surface area contributed by atoms with Crippen LogP contribution >= 0.6 is 0 Å². The molecule has 0 unspecified atom stereocenters. The van der Waals surface area contributed by atoms with Gasteiger partial charge in [-0.15, -0.1) is 0 Å². The molecule has 0 radical (unpaired) electrons. The summed E-state index contributed by atoms with van der Waals surface area (Å²) in [4.78, 5) is 71.8. The van der Waals surface area contributed by atoms with Crippen molar-refractivity contribution in [1.82, 2.24) is 19.5 Å². The average molecular weight is 521 g/mol. The van der Waals surface area contributed by atoms with Gasteiger partial charge in [-0.3, -0.25) is 28.5 Å². The quantitative estimate of drug-likeness (QED) is 0.303. The summed E-state index contributed by atoms with van der Waals surface area (Å²) in [5, 5.41) is 0. The SMILES string of the molecule is CCOC(=O)Cc1nc(CC(N)=O)nc2c1ncn2[C@@H]1O[C@H](COC(C)=O)[C@@H](OC(C)=O)[C@H]1OC(C)=O. The Morgan fingerprint density at radius 3 is 2.24 bits per heavy atom. The number of aromatic nitrogens is 4. The highest BCUT2D eigenvalue weighted by molar-refractivity contribution is 5.82. The van der Waals surface area contributed by atoms with E-state index in [2.05, 4.69) is 15.0 Å². The highest BCUT2D eigenvalue weighted by Crippen LogP contribution is 2.36. The predicted octanol–water partition coefficient (Wildman–Crippen LogP) is -0.716. The Balaban J connectivity index is 2.11. The second-order valence-corrected chi connectivity index (χ2v) is 8.05. The number of carbonyl (C=O) groups excluding carboxylic acids is 5. The van der Waals surface area contributed by atoms with E-state index in [9.17, 15) is 24.0 Å². The third-order valence-electron chi connectivity index (χ3n) is 5.10. The number of fused-ring (bicyclic) bond motifs is 1. The molecule has 0 bridgehead atoms. The number of rotatable bonds is 10. The van der Waals surface area contributed by atoms with E-state index in [4.69, 9.17) is 29.4 Å². The first-order valence-electron chi connectivity index (χ1n) is 11.3. The lowest BCUT2D eigenvalue weighted by Gasteiger charge is -2.23. The Labute approximate surface area is 210 Å². The van der Waals surface area contributed by atoms with Crippen molar-refractivity contribution < 1.29 is 47.7 Å². The topological polar surface area (TPSA) is 201 Å². The number of nitrogens with zero attached hydrogens (tertiary/aromatic N) is 4. The molecule has 2 N–H and O–H groups in total. The van der Waals surface area contributed by atoms with E-state index >= 15 is 0 Å². The normalized spacial score (nSPS) is 20.9. The highest BCUT2D eigenvalue weighted by Gasteiger charge is 2.51. The number of esters is 4. The number of imidazole rings is 1. The molecule has 0 aromatic carbocycles. The molecule has 200 valence electrons. The molecule has 0 aliphatic carbocycles. The van der Waals surface area contributed by atoms with Gasteiger partial charge in [0.15, 0.2) is 24.1 Å². The monoisotopic (exact) mass is 521 g/mol. The second-order valence-electron chi connectivity index (χ2n) is 8.05. The van der Waals surface area contributed by atoms with Crippen LogP contribution in [0.15, 0.2) is 6.33 Å². The number of amides is 1. The maximum Gasteiger partial charge on any atom is 0.311 e. The maximum atomic E-state index is 12.2. The zero-order valence-electron chi connectivity index (χ0n) is 20.7. The standard InChI is InChI=1S/C22H27N5O10/c1-5-33-17(32)6-13-18-21(26-16(25-13)7-15(23)31)27(9-24-18)22-20(36-12(4)30)19(35-11(3)29)14(37-22)8-34-10(2)28/h9,14,19-20,22H,5-8H2,1-4H3,(H2,23,31)/t14-,19-,20-,22-/m1/s1. The third kappa shape index (κ3) is 6.75. The lowest BCUT2D eigenvalue weighted by molar-refractivity contribution is -0.166. The lowest BCUT2D eigenvalue weighted by Crippen LogP contribution is -2.40. The molecule has 37 heavy (non-hydrogen) atoms. The van der Waals surface area contributed by atoms with Crippen LogP contribution in [-0.2, 0) is 60.5 Å². The van der Waals surface area contributed by atoms with Crippen molar-refractivity contribution in [3.63, 3.8) is 0 Å². The summed E-state index contributed by atoms with van der Waals surface area (Å²) in [6, 6.07) is 0. The molecule has 1 aliphatic heterocycles. The number of nitrogens with two attached hydrogens (primary N) is 1. The first-order valence-corrected chi connectivity index (χ1v) is 11.3. The molecule has 15 nitrogen and oxygen atoms in total. The van der Waals surface area contributed by atoms with Gasteiger partial charge in [0.1, 0.15) is 24.1 Å². The summed E-state index contributed by atoms with van der Waals surface area (Å²) in [6.45, 7) is 5.03. The molecule has 15 heteroatoms. The zero-order valence-corrected chi connectivity index (χ0v) is 20.7. The fraction of sp³-hybridized carbons (Fsp3) is 0.545. The zero-order chi connectivity index (χ0) is 27.3. The molecular weight excluding hydrogens is 494 g/mol. The molecule has 1 aliphatic rings. The molecule has 3 heterocycles. The summed E-state index contributed by atoms with van der Waals surface area (Å²) in [5.41, 5.74) is 5.81. The predicted molar refractivity (Wildman–Crippen MR) is 120 cm³/mol. The average Bonchev–Trinajstić information content (AvgIpc) is 3.33. The van der Waals surface area contributed by atoms with Crippen molar-refractivity contribution in [3.05, 3.63) is 17.8 Å². The van der Waals surface area contributed by atoms with Gasteiger partial charge in [-0.1, -0.05) is 0 Å². The Bertz CT molecular complexity index is 1210.